The van der Waals surface area contributed by atoms with Crippen molar-refractivity contribution in [2.75, 3.05) is 7.11 Å². The summed E-state index contributed by atoms with van der Waals surface area (Å²) in [6.45, 7) is 0.164. The Morgan fingerprint density at radius 2 is 1.57 bits per heavy atom. The van der Waals surface area contributed by atoms with Crippen molar-refractivity contribution < 1.29 is 13.9 Å². The minimum Gasteiger partial charge on any atom is -0.494 e. The molecule has 0 N–H and O–H groups in total. The zero-order chi connectivity index (χ0) is 14.7. The van der Waals surface area contributed by atoms with Gasteiger partial charge in [0, 0.05) is 10.9 Å². The van der Waals surface area contributed by atoms with Crippen LogP contribution in [0.1, 0.15) is 5.56 Å². The second-order valence-corrected chi connectivity index (χ2v) is 4.70. The van der Waals surface area contributed by atoms with E-state index in [0.29, 0.717) is 5.56 Å². The van der Waals surface area contributed by atoms with Gasteiger partial charge in [-0.1, -0.05) is 48.5 Å². The second-order valence-electron chi connectivity index (χ2n) is 4.70. The van der Waals surface area contributed by atoms with Crippen LogP contribution < -0.4 is 9.47 Å². The molecule has 0 heterocycles. The molecule has 0 saturated carbocycles. The molecule has 2 nitrogen and oxygen atoms in total. The van der Waals surface area contributed by atoms with Gasteiger partial charge in [-0.2, -0.15) is 0 Å². The molecule has 0 atom stereocenters. The molecule has 0 amide bonds. The van der Waals surface area contributed by atoms with E-state index < -0.39 is 0 Å². The molecule has 0 radical (unpaired) electrons. The number of hydrogen-bond acceptors (Lipinski definition) is 2. The standard InChI is InChI=1S/C18H15FO2/c1-20-17-11-5-8-14(18(17)19)12-21-16-10-4-7-13-6-2-3-9-15(13)16/h2-11H,12H2,1H3. The summed E-state index contributed by atoms with van der Waals surface area (Å²) in [5.74, 6) is 0.601. The molecular formula is C18H15FO2. The summed E-state index contributed by atoms with van der Waals surface area (Å²) < 4.78 is 24.9. The minimum absolute atomic E-state index is 0.164. The van der Waals surface area contributed by atoms with Gasteiger partial charge >= 0.3 is 0 Å². The number of hydrogen-bond donors (Lipinski definition) is 0. The predicted octanol–water partition coefficient (Wildman–Crippen LogP) is 4.57. The van der Waals surface area contributed by atoms with E-state index in [9.17, 15) is 4.39 Å². The maximum absolute atomic E-state index is 14.1. The van der Waals surface area contributed by atoms with Crippen LogP contribution >= 0.6 is 0 Å². The molecule has 0 aliphatic rings. The number of benzene rings is 3. The van der Waals surface area contributed by atoms with Gasteiger partial charge in [0.25, 0.3) is 0 Å². The van der Waals surface area contributed by atoms with E-state index in [1.165, 1.54) is 7.11 Å². The normalized spacial score (nSPS) is 10.6. The molecule has 0 fully saturated rings. The number of fused-ring (bicyclic) bond motifs is 1. The third-order valence-electron chi connectivity index (χ3n) is 3.40. The zero-order valence-electron chi connectivity index (χ0n) is 11.7. The van der Waals surface area contributed by atoms with Crippen LogP contribution in [-0.2, 0) is 6.61 Å². The first-order chi connectivity index (χ1) is 10.3. The van der Waals surface area contributed by atoms with Crippen molar-refractivity contribution in [2.45, 2.75) is 6.61 Å². The predicted molar refractivity (Wildman–Crippen MR) is 81.2 cm³/mol. The van der Waals surface area contributed by atoms with Crippen LogP contribution in [-0.4, -0.2) is 7.11 Å². The number of halogens is 1. The molecule has 0 saturated heterocycles. The van der Waals surface area contributed by atoms with Crippen LogP contribution in [0.3, 0.4) is 0 Å². The second kappa shape index (κ2) is 5.83. The van der Waals surface area contributed by atoms with Crippen LogP contribution in [0.5, 0.6) is 11.5 Å². The van der Waals surface area contributed by atoms with E-state index in [1.807, 2.05) is 42.5 Å². The van der Waals surface area contributed by atoms with Gasteiger partial charge in [-0.05, 0) is 17.5 Å². The van der Waals surface area contributed by atoms with Gasteiger partial charge in [0.15, 0.2) is 11.6 Å². The Kier molecular flexibility index (Phi) is 3.73. The number of ether oxygens (including phenoxy) is 2. The summed E-state index contributed by atoms with van der Waals surface area (Å²) in [4.78, 5) is 0. The molecule has 0 aliphatic carbocycles. The first kappa shape index (κ1) is 13.4. The Balaban J connectivity index is 1.87. The summed E-state index contributed by atoms with van der Waals surface area (Å²) in [6, 6.07) is 18.8. The van der Waals surface area contributed by atoms with Crippen LogP contribution in [0.4, 0.5) is 4.39 Å². The van der Waals surface area contributed by atoms with Gasteiger partial charge in [-0.3, -0.25) is 0 Å². The van der Waals surface area contributed by atoms with Crippen molar-refractivity contribution in [3.8, 4) is 11.5 Å². The maximum Gasteiger partial charge on any atom is 0.171 e. The first-order valence-electron chi connectivity index (χ1n) is 6.71. The smallest absolute Gasteiger partial charge is 0.171 e. The molecule has 106 valence electrons. The van der Waals surface area contributed by atoms with E-state index in [2.05, 4.69) is 0 Å². The molecule has 0 bridgehead atoms. The third kappa shape index (κ3) is 2.68. The van der Waals surface area contributed by atoms with Crippen molar-refractivity contribution >= 4 is 10.8 Å². The zero-order valence-corrected chi connectivity index (χ0v) is 11.7. The van der Waals surface area contributed by atoms with Gasteiger partial charge < -0.3 is 9.47 Å². The molecule has 0 spiro atoms. The minimum atomic E-state index is -0.375. The summed E-state index contributed by atoms with van der Waals surface area (Å²) in [7, 11) is 1.45. The van der Waals surface area contributed by atoms with Crippen molar-refractivity contribution in [3.63, 3.8) is 0 Å². The highest BCUT2D eigenvalue weighted by molar-refractivity contribution is 5.88. The van der Waals surface area contributed by atoms with Crippen molar-refractivity contribution in [1.29, 1.82) is 0 Å². The van der Waals surface area contributed by atoms with Crippen LogP contribution in [0.15, 0.2) is 60.7 Å². The molecule has 0 aromatic heterocycles. The third-order valence-corrected chi connectivity index (χ3v) is 3.40. The fourth-order valence-electron chi connectivity index (χ4n) is 2.30. The quantitative estimate of drug-likeness (QED) is 0.698. The number of methoxy groups -OCH3 is 1. The number of rotatable bonds is 4. The molecule has 21 heavy (non-hydrogen) atoms. The summed E-state index contributed by atoms with van der Waals surface area (Å²) in [5.41, 5.74) is 0.474. The molecule has 3 aromatic carbocycles. The summed E-state index contributed by atoms with van der Waals surface area (Å²) in [6.07, 6.45) is 0. The molecule has 0 unspecified atom stereocenters. The van der Waals surface area contributed by atoms with Crippen LogP contribution in [0.2, 0.25) is 0 Å². The fraction of sp³-hybridized carbons (Fsp3) is 0.111. The van der Waals surface area contributed by atoms with E-state index in [1.54, 1.807) is 18.2 Å². The summed E-state index contributed by atoms with van der Waals surface area (Å²) in [5, 5.41) is 2.12. The first-order valence-corrected chi connectivity index (χ1v) is 6.71. The molecular weight excluding hydrogens is 267 g/mol. The van der Waals surface area contributed by atoms with Gasteiger partial charge in [0.2, 0.25) is 0 Å². The Bertz CT molecular complexity index is 763. The van der Waals surface area contributed by atoms with Crippen LogP contribution in [0, 0.1) is 5.82 Å². The molecule has 3 heteroatoms. The van der Waals surface area contributed by atoms with Crippen LogP contribution in [0.25, 0.3) is 10.8 Å². The summed E-state index contributed by atoms with van der Waals surface area (Å²) >= 11 is 0. The fourth-order valence-corrected chi connectivity index (χ4v) is 2.30. The van der Waals surface area contributed by atoms with Gasteiger partial charge in [-0.25, -0.2) is 4.39 Å². The molecule has 0 aliphatic heterocycles. The topological polar surface area (TPSA) is 18.5 Å². The van der Waals surface area contributed by atoms with Gasteiger partial charge in [-0.15, -0.1) is 0 Å². The van der Waals surface area contributed by atoms with E-state index in [-0.39, 0.29) is 18.2 Å². The highest BCUT2D eigenvalue weighted by Gasteiger charge is 2.09. The largest absolute Gasteiger partial charge is 0.494 e. The Morgan fingerprint density at radius 1 is 0.857 bits per heavy atom. The van der Waals surface area contributed by atoms with E-state index in [0.717, 1.165) is 16.5 Å². The van der Waals surface area contributed by atoms with Crippen molar-refractivity contribution in [3.05, 3.63) is 72.0 Å². The van der Waals surface area contributed by atoms with Crippen molar-refractivity contribution in [2.24, 2.45) is 0 Å². The average Bonchev–Trinajstić information content (AvgIpc) is 2.54. The maximum atomic E-state index is 14.1. The lowest BCUT2D eigenvalue weighted by Crippen LogP contribution is -2.00. The Labute approximate surface area is 122 Å². The van der Waals surface area contributed by atoms with E-state index >= 15 is 0 Å². The average molecular weight is 282 g/mol. The van der Waals surface area contributed by atoms with Gasteiger partial charge in [0.05, 0.1) is 7.11 Å². The molecule has 3 rings (SSSR count). The lowest BCUT2D eigenvalue weighted by atomic mass is 10.1. The van der Waals surface area contributed by atoms with Gasteiger partial charge in [0.1, 0.15) is 12.4 Å². The lowest BCUT2D eigenvalue weighted by molar-refractivity contribution is 0.299. The Hall–Kier alpha value is -2.55. The highest BCUT2D eigenvalue weighted by atomic mass is 19.1. The molecule has 3 aromatic rings. The lowest BCUT2D eigenvalue weighted by Gasteiger charge is -2.11. The monoisotopic (exact) mass is 282 g/mol. The van der Waals surface area contributed by atoms with Crippen molar-refractivity contribution in [1.82, 2.24) is 0 Å². The van der Waals surface area contributed by atoms with E-state index in [4.69, 9.17) is 9.47 Å². The Morgan fingerprint density at radius 3 is 2.43 bits per heavy atom. The SMILES string of the molecule is COc1cccc(COc2cccc3ccccc23)c1F. The highest BCUT2D eigenvalue weighted by Crippen LogP contribution is 2.27.